The molecule has 2 aromatic rings. The smallest absolute Gasteiger partial charge is 0.359 e. The van der Waals surface area contributed by atoms with Gasteiger partial charge in [0.05, 0.1) is 5.39 Å². The van der Waals surface area contributed by atoms with Crippen LogP contribution in [0.15, 0.2) is 29.1 Å². The highest BCUT2D eigenvalue weighted by Crippen LogP contribution is 2.21. The van der Waals surface area contributed by atoms with Gasteiger partial charge in [0.2, 0.25) is 0 Å². The Morgan fingerprint density at radius 3 is 2.38 bits per heavy atom. The monoisotopic (exact) mass is 399 g/mol. The molecule has 0 unspecified atom stereocenters. The maximum Gasteiger partial charge on any atom is 0.359 e. The number of nitrogens with zero attached hydrogens (tertiary/aromatic N) is 3. The summed E-state index contributed by atoms with van der Waals surface area (Å²) in [6.07, 6.45) is 1.09. The third-order valence-corrected chi connectivity index (χ3v) is 5.15. The Morgan fingerprint density at radius 1 is 1.14 bits per heavy atom. The summed E-state index contributed by atoms with van der Waals surface area (Å²) in [7, 11) is 0. The Morgan fingerprint density at radius 2 is 1.76 bits per heavy atom. The fourth-order valence-corrected chi connectivity index (χ4v) is 4.01. The highest BCUT2D eigenvalue weighted by atomic mass is 16.5. The van der Waals surface area contributed by atoms with E-state index in [2.05, 4.69) is 18.9 Å². The van der Waals surface area contributed by atoms with Gasteiger partial charge >= 0.3 is 5.97 Å². The zero-order valence-electron chi connectivity index (χ0n) is 17.6. The van der Waals surface area contributed by atoms with Gasteiger partial charge in [-0.05, 0) is 30.2 Å². The molecule has 156 valence electrons. The minimum atomic E-state index is -0.690. The Balaban J connectivity index is 1.81. The predicted molar refractivity (Wildman–Crippen MR) is 111 cm³/mol. The van der Waals surface area contributed by atoms with Crippen molar-refractivity contribution in [3.05, 3.63) is 40.3 Å². The number of amides is 1. The Hall–Kier alpha value is -2.70. The molecule has 1 saturated heterocycles. The van der Waals surface area contributed by atoms with Crippen molar-refractivity contribution in [3.63, 3.8) is 0 Å². The van der Waals surface area contributed by atoms with Crippen LogP contribution in [0.2, 0.25) is 0 Å². The predicted octanol–water partition coefficient (Wildman–Crippen LogP) is 2.71. The molecule has 3 rings (SSSR count). The quantitative estimate of drug-likeness (QED) is 0.722. The first-order valence-electron chi connectivity index (χ1n) is 10.2. The number of likely N-dealkylation sites (tertiary alicyclic amines) is 1. The van der Waals surface area contributed by atoms with E-state index in [0.29, 0.717) is 42.2 Å². The SMILES string of the molecule is CC(C)Cn1nc(C(=O)OCC(=O)N2C[C@@H](C)C[C@H](C)C2)c2ccccc2c1=O. The van der Waals surface area contributed by atoms with Gasteiger partial charge in [0.1, 0.15) is 0 Å². The molecule has 1 fully saturated rings. The lowest BCUT2D eigenvalue weighted by molar-refractivity contribution is -0.137. The molecule has 1 aliphatic heterocycles. The molecule has 2 heterocycles. The highest BCUT2D eigenvalue weighted by molar-refractivity contribution is 6.02. The molecule has 1 aliphatic rings. The molecule has 2 atom stereocenters. The lowest BCUT2D eigenvalue weighted by atomic mass is 9.92. The first-order valence-corrected chi connectivity index (χ1v) is 10.2. The van der Waals surface area contributed by atoms with E-state index in [1.54, 1.807) is 29.2 Å². The van der Waals surface area contributed by atoms with E-state index >= 15 is 0 Å². The van der Waals surface area contributed by atoms with Gasteiger partial charge in [-0.15, -0.1) is 0 Å². The van der Waals surface area contributed by atoms with Crippen molar-refractivity contribution >= 4 is 22.6 Å². The molecule has 0 bridgehead atoms. The van der Waals surface area contributed by atoms with Crippen LogP contribution in [-0.2, 0) is 16.1 Å². The van der Waals surface area contributed by atoms with E-state index in [-0.39, 0.29) is 29.7 Å². The average molecular weight is 399 g/mol. The van der Waals surface area contributed by atoms with Crippen LogP contribution in [-0.4, -0.2) is 46.3 Å². The molecule has 1 aromatic carbocycles. The molecule has 0 radical (unpaired) electrons. The second-order valence-electron chi connectivity index (χ2n) is 8.60. The Bertz CT molecular complexity index is 956. The van der Waals surface area contributed by atoms with E-state index < -0.39 is 5.97 Å². The number of hydrogen-bond acceptors (Lipinski definition) is 5. The maximum absolute atomic E-state index is 12.8. The van der Waals surface area contributed by atoms with Crippen LogP contribution in [0.4, 0.5) is 0 Å². The number of hydrogen-bond donors (Lipinski definition) is 0. The standard InChI is InChI=1S/C22H29N3O4/c1-14(2)10-25-21(27)18-8-6-5-7-17(18)20(23-25)22(28)29-13-19(26)24-11-15(3)9-16(4)12-24/h5-8,14-16H,9-13H2,1-4H3/t15-,16-/m0/s1. The van der Waals surface area contributed by atoms with Gasteiger partial charge in [0, 0.05) is 25.0 Å². The van der Waals surface area contributed by atoms with E-state index in [9.17, 15) is 14.4 Å². The van der Waals surface area contributed by atoms with E-state index in [0.717, 1.165) is 6.42 Å². The van der Waals surface area contributed by atoms with Crippen LogP contribution in [0, 0.1) is 17.8 Å². The summed E-state index contributed by atoms with van der Waals surface area (Å²) in [4.78, 5) is 39.7. The van der Waals surface area contributed by atoms with Gasteiger partial charge < -0.3 is 9.64 Å². The van der Waals surface area contributed by atoms with Crippen molar-refractivity contribution in [1.82, 2.24) is 14.7 Å². The molecule has 0 aliphatic carbocycles. The summed E-state index contributed by atoms with van der Waals surface area (Å²) < 4.78 is 6.62. The Labute approximate surface area is 170 Å². The summed E-state index contributed by atoms with van der Waals surface area (Å²) >= 11 is 0. The van der Waals surface area contributed by atoms with Gasteiger partial charge in [0.15, 0.2) is 12.3 Å². The molecule has 29 heavy (non-hydrogen) atoms. The third-order valence-electron chi connectivity index (χ3n) is 5.15. The molecule has 0 N–H and O–H groups in total. The molecular weight excluding hydrogens is 370 g/mol. The maximum atomic E-state index is 12.8. The number of benzene rings is 1. The highest BCUT2D eigenvalue weighted by Gasteiger charge is 2.26. The number of piperidine rings is 1. The van der Waals surface area contributed by atoms with Crippen molar-refractivity contribution in [1.29, 1.82) is 0 Å². The van der Waals surface area contributed by atoms with Crippen molar-refractivity contribution in [2.75, 3.05) is 19.7 Å². The van der Waals surface area contributed by atoms with Crippen molar-refractivity contribution in [3.8, 4) is 0 Å². The fourth-order valence-electron chi connectivity index (χ4n) is 4.01. The van der Waals surface area contributed by atoms with E-state index in [1.807, 2.05) is 13.8 Å². The summed E-state index contributed by atoms with van der Waals surface area (Å²) in [5.41, 5.74) is -0.174. The van der Waals surface area contributed by atoms with Crippen LogP contribution in [0.25, 0.3) is 10.8 Å². The largest absolute Gasteiger partial charge is 0.451 e. The van der Waals surface area contributed by atoms with Crippen LogP contribution < -0.4 is 5.56 Å². The summed E-state index contributed by atoms with van der Waals surface area (Å²) in [6, 6.07) is 6.85. The van der Waals surface area contributed by atoms with Crippen molar-refractivity contribution in [2.45, 2.75) is 40.7 Å². The van der Waals surface area contributed by atoms with Crippen LogP contribution in [0.3, 0.4) is 0 Å². The number of esters is 1. The van der Waals surface area contributed by atoms with Gasteiger partial charge in [-0.1, -0.05) is 45.9 Å². The number of aromatic nitrogens is 2. The molecule has 7 nitrogen and oxygen atoms in total. The lowest BCUT2D eigenvalue weighted by Gasteiger charge is -2.34. The van der Waals surface area contributed by atoms with Gasteiger partial charge in [-0.3, -0.25) is 9.59 Å². The number of rotatable bonds is 5. The zero-order chi connectivity index (χ0) is 21.1. The zero-order valence-corrected chi connectivity index (χ0v) is 17.6. The summed E-state index contributed by atoms with van der Waals surface area (Å²) in [6.45, 7) is 9.62. The molecule has 0 spiro atoms. The first-order chi connectivity index (χ1) is 13.8. The topological polar surface area (TPSA) is 81.5 Å². The average Bonchev–Trinajstić information content (AvgIpc) is 2.67. The van der Waals surface area contributed by atoms with E-state index in [4.69, 9.17) is 4.74 Å². The van der Waals surface area contributed by atoms with Crippen LogP contribution in [0.1, 0.15) is 44.6 Å². The first kappa shape index (κ1) is 21.0. The molecular formula is C22H29N3O4. The minimum Gasteiger partial charge on any atom is -0.451 e. The fraction of sp³-hybridized carbons (Fsp3) is 0.545. The number of carbonyl (C=O) groups excluding carboxylic acids is 2. The van der Waals surface area contributed by atoms with Gasteiger partial charge in [-0.2, -0.15) is 5.10 Å². The number of ether oxygens (including phenoxy) is 1. The van der Waals surface area contributed by atoms with Crippen LogP contribution >= 0.6 is 0 Å². The molecule has 7 heteroatoms. The minimum absolute atomic E-state index is 0.0639. The summed E-state index contributed by atoms with van der Waals surface area (Å²) in [5.74, 6) is 0.170. The summed E-state index contributed by atoms with van der Waals surface area (Å²) in [5, 5.41) is 5.12. The normalized spacial score (nSPS) is 19.6. The Kier molecular flexibility index (Phi) is 6.35. The third kappa shape index (κ3) is 4.83. The van der Waals surface area contributed by atoms with Crippen molar-refractivity contribution in [2.24, 2.45) is 17.8 Å². The number of fused-ring (bicyclic) bond motifs is 1. The molecule has 1 amide bonds. The molecule has 1 aromatic heterocycles. The number of carbonyl (C=O) groups is 2. The lowest BCUT2D eigenvalue weighted by Crippen LogP contribution is -2.44. The van der Waals surface area contributed by atoms with E-state index in [1.165, 1.54) is 4.68 Å². The van der Waals surface area contributed by atoms with Gasteiger partial charge in [0.25, 0.3) is 11.5 Å². The second kappa shape index (κ2) is 8.76. The molecule has 0 saturated carbocycles. The van der Waals surface area contributed by atoms with Crippen molar-refractivity contribution < 1.29 is 14.3 Å². The second-order valence-corrected chi connectivity index (χ2v) is 8.60. The van der Waals surface area contributed by atoms with Gasteiger partial charge in [-0.25, -0.2) is 9.48 Å². The van der Waals surface area contributed by atoms with Crippen LogP contribution in [0.5, 0.6) is 0 Å².